The number of halogens is 1. The molecule has 1 unspecified atom stereocenters. The Labute approximate surface area is 151 Å². The molecular formula is C21H17ClO3. The van der Waals surface area contributed by atoms with Crippen LogP contribution in [0.3, 0.4) is 0 Å². The summed E-state index contributed by atoms with van der Waals surface area (Å²) in [6.45, 7) is 0. The summed E-state index contributed by atoms with van der Waals surface area (Å²) in [6, 6.07) is 19.8. The van der Waals surface area contributed by atoms with Crippen LogP contribution in [0.4, 0.5) is 0 Å². The Morgan fingerprint density at radius 2 is 1.56 bits per heavy atom. The normalized spacial score (nSPS) is 14.9. The summed E-state index contributed by atoms with van der Waals surface area (Å²) in [5.41, 5.74) is 3.24. The fraction of sp³-hybridized carbons (Fsp3) is 0.143. The highest BCUT2D eigenvalue weighted by Crippen LogP contribution is 2.48. The Hall–Kier alpha value is -2.65. The number of fused-ring (bicyclic) bond motifs is 2. The standard InChI is InChI=1S/C21H17ClO3/c1-23-19-9-7-13(11-20(19)24-2)21-15-5-3-4-6-17(15)25-18-10-8-14(22)12-16(18)21/h3-12,21H,1-2H3. The lowest BCUT2D eigenvalue weighted by molar-refractivity contribution is 0.354. The summed E-state index contributed by atoms with van der Waals surface area (Å²) in [5, 5.41) is 0.687. The largest absolute Gasteiger partial charge is 0.493 e. The summed E-state index contributed by atoms with van der Waals surface area (Å²) < 4.78 is 16.9. The van der Waals surface area contributed by atoms with Gasteiger partial charge in [0.1, 0.15) is 11.5 Å². The highest BCUT2D eigenvalue weighted by Gasteiger charge is 2.29. The van der Waals surface area contributed by atoms with Crippen LogP contribution in [0, 0.1) is 0 Å². The molecule has 0 spiro atoms. The van der Waals surface area contributed by atoms with Gasteiger partial charge in [-0.25, -0.2) is 0 Å². The third-order valence-electron chi connectivity index (χ3n) is 4.47. The van der Waals surface area contributed by atoms with Gasteiger partial charge >= 0.3 is 0 Å². The summed E-state index contributed by atoms with van der Waals surface area (Å²) in [5.74, 6) is 3.10. The van der Waals surface area contributed by atoms with Crippen molar-refractivity contribution in [3.8, 4) is 23.0 Å². The molecule has 0 radical (unpaired) electrons. The zero-order chi connectivity index (χ0) is 17.4. The van der Waals surface area contributed by atoms with Crippen molar-refractivity contribution in [2.45, 2.75) is 5.92 Å². The van der Waals surface area contributed by atoms with Crippen LogP contribution in [-0.2, 0) is 0 Å². The average Bonchev–Trinajstić information content (AvgIpc) is 2.65. The molecule has 4 rings (SSSR count). The quantitative estimate of drug-likeness (QED) is 0.477. The van der Waals surface area contributed by atoms with Crippen molar-refractivity contribution in [3.63, 3.8) is 0 Å². The van der Waals surface area contributed by atoms with Crippen molar-refractivity contribution in [3.05, 3.63) is 82.4 Å². The van der Waals surface area contributed by atoms with E-state index in [1.54, 1.807) is 14.2 Å². The summed E-state index contributed by atoms with van der Waals surface area (Å²) in [7, 11) is 3.28. The van der Waals surface area contributed by atoms with Gasteiger partial charge in [0.15, 0.2) is 11.5 Å². The highest BCUT2D eigenvalue weighted by molar-refractivity contribution is 6.30. The zero-order valence-electron chi connectivity index (χ0n) is 14.0. The Balaban J connectivity index is 1.93. The van der Waals surface area contributed by atoms with Crippen LogP contribution in [0.2, 0.25) is 5.02 Å². The van der Waals surface area contributed by atoms with Gasteiger partial charge in [-0.2, -0.15) is 0 Å². The van der Waals surface area contributed by atoms with Crippen LogP contribution in [0.1, 0.15) is 22.6 Å². The maximum atomic E-state index is 6.26. The molecule has 3 aromatic carbocycles. The van der Waals surface area contributed by atoms with E-state index < -0.39 is 0 Å². The van der Waals surface area contributed by atoms with E-state index >= 15 is 0 Å². The van der Waals surface area contributed by atoms with E-state index in [-0.39, 0.29) is 5.92 Å². The number of para-hydroxylation sites is 1. The molecule has 3 nitrogen and oxygen atoms in total. The fourth-order valence-corrected chi connectivity index (χ4v) is 3.51. The van der Waals surface area contributed by atoms with Crippen LogP contribution in [0.15, 0.2) is 60.7 Å². The predicted octanol–water partition coefficient (Wildman–Crippen LogP) is 5.64. The molecule has 0 fully saturated rings. The number of hydrogen-bond acceptors (Lipinski definition) is 3. The van der Waals surface area contributed by atoms with Gasteiger partial charge in [0, 0.05) is 22.1 Å². The number of hydrogen-bond donors (Lipinski definition) is 0. The van der Waals surface area contributed by atoms with E-state index in [0.717, 1.165) is 28.2 Å². The van der Waals surface area contributed by atoms with E-state index in [2.05, 4.69) is 12.1 Å². The average molecular weight is 353 g/mol. The van der Waals surface area contributed by atoms with E-state index in [4.69, 9.17) is 25.8 Å². The Kier molecular flexibility index (Phi) is 4.02. The molecular weight excluding hydrogens is 336 g/mol. The van der Waals surface area contributed by atoms with Crippen molar-refractivity contribution >= 4 is 11.6 Å². The van der Waals surface area contributed by atoms with E-state index in [1.807, 2.05) is 48.5 Å². The first kappa shape index (κ1) is 15.9. The van der Waals surface area contributed by atoms with Gasteiger partial charge in [0.25, 0.3) is 0 Å². The fourth-order valence-electron chi connectivity index (χ4n) is 3.33. The molecule has 0 N–H and O–H groups in total. The maximum Gasteiger partial charge on any atom is 0.161 e. The third-order valence-corrected chi connectivity index (χ3v) is 4.71. The van der Waals surface area contributed by atoms with Gasteiger partial charge in [0.05, 0.1) is 14.2 Å². The van der Waals surface area contributed by atoms with Gasteiger partial charge in [0.2, 0.25) is 0 Å². The lowest BCUT2D eigenvalue weighted by Gasteiger charge is -2.29. The lowest BCUT2D eigenvalue weighted by Crippen LogP contribution is -2.11. The van der Waals surface area contributed by atoms with Gasteiger partial charge in [-0.05, 0) is 42.0 Å². The minimum Gasteiger partial charge on any atom is -0.493 e. The second-order valence-corrected chi connectivity index (χ2v) is 6.31. The molecule has 1 heterocycles. The molecule has 0 saturated heterocycles. The predicted molar refractivity (Wildman–Crippen MR) is 98.5 cm³/mol. The number of benzene rings is 3. The van der Waals surface area contributed by atoms with Crippen LogP contribution < -0.4 is 14.2 Å². The molecule has 0 saturated carbocycles. The second-order valence-electron chi connectivity index (χ2n) is 5.87. The number of rotatable bonds is 3. The molecule has 4 heteroatoms. The smallest absolute Gasteiger partial charge is 0.161 e. The van der Waals surface area contributed by atoms with Gasteiger partial charge in [-0.15, -0.1) is 0 Å². The Morgan fingerprint density at radius 3 is 2.36 bits per heavy atom. The Morgan fingerprint density at radius 1 is 0.800 bits per heavy atom. The van der Waals surface area contributed by atoms with Crippen molar-refractivity contribution in [2.75, 3.05) is 14.2 Å². The van der Waals surface area contributed by atoms with Gasteiger partial charge < -0.3 is 14.2 Å². The van der Waals surface area contributed by atoms with Crippen molar-refractivity contribution in [2.24, 2.45) is 0 Å². The molecule has 0 bridgehead atoms. The molecule has 0 aliphatic carbocycles. The first-order valence-electron chi connectivity index (χ1n) is 7.99. The van der Waals surface area contributed by atoms with Crippen molar-refractivity contribution < 1.29 is 14.2 Å². The first-order chi connectivity index (χ1) is 12.2. The van der Waals surface area contributed by atoms with Crippen LogP contribution in [-0.4, -0.2) is 14.2 Å². The van der Waals surface area contributed by atoms with Crippen molar-refractivity contribution in [1.82, 2.24) is 0 Å². The molecule has 3 aromatic rings. The van der Waals surface area contributed by atoms with Crippen molar-refractivity contribution in [1.29, 1.82) is 0 Å². The van der Waals surface area contributed by atoms with E-state index in [9.17, 15) is 0 Å². The molecule has 1 aliphatic rings. The molecule has 0 amide bonds. The highest BCUT2D eigenvalue weighted by atomic mass is 35.5. The van der Waals surface area contributed by atoms with Crippen LogP contribution in [0.5, 0.6) is 23.0 Å². The third kappa shape index (κ3) is 2.71. The summed E-state index contributed by atoms with van der Waals surface area (Å²) >= 11 is 6.26. The van der Waals surface area contributed by atoms with E-state index in [0.29, 0.717) is 16.5 Å². The minimum absolute atomic E-state index is 0.0125. The molecule has 0 aromatic heterocycles. The monoisotopic (exact) mass is 352 g/mol. The molecule has 1 aliphatic heterocycles. The maximum absolute atomic E-state index is 6.26. The van der Waals surface area contributed by atoms with Gasteiger partial charge in [-0.3, -0.25) is 0 Å². The zero-order valence-corrected chi connectivity index (χ0v) is 14.7. The molecule has 126 valence electrons. The number of methoxy groups -OCH3 is 2. The lowest BCUT2D eigenvalue weighted by atomic mass is 9.82. The minimum atomic E-state index is 0.0125. The Bertz CT molecular complexity index is 936. The van der Waals surface area contributed by atoms with Crippen LogP contribution in [0.25, 0.3) is 0 Å². The molecule has 1 atom stereocenters. The molecule has 25 heavy (non-hydrogen) atoms. The SMILES string of the molecule is COc1ccc(C2c3ccccc3Oc3ccc(Cl)cc32)cc1OC. The number of ether oxygens (including phenoxy) is 3. The second kappa shape index (κ2) is 6.34. The van der Waals surface area contributed by atoms with E-state index in [1.165, 1.54) is 0 Å². The van der Waals surface area contributed by atoms with Crippen LogP contribution >= 0.6 is 11.6 Å². The topological polar surface area (TPSA) is 27.7 Å². The summed E-state index contributed by atoms with van der Waals surface area (Å²) in [6.07, 6.45) is 0. The summed E-state index contributed by atoms with van der Waals surface area (Å²) in [4.78, 5) is 0. The first-order valence-corrected chi connectivity index (χ1v) is 8.37. The van der Waals surface area contributed by atoms with Gasteiger partial charge in [-0.1, -0.05) is 35.9 Å².